The first-order valence-corrected chi connectivity index (χ1v) is 7.89. The first kappa shape index (κ1) is 15.8. The molecule has 0 unspecified atom stereocenters. The molecule has 1 aromatic carbocycles. The van der Waals surface area contributed by atoms with Gasteiger partial charge in [-0.3, -0.25) is 0 Å². The van der Waals surface area contributed by atoms with Crippen LogP contribution in [0.1, 0.15) is 43.0 Å². The van der Waals surface area contributed by atoms with E-state index in [0.29, 0.717) is 5.56 Å². The van der Waals surface area contributed by atoms with Crippen LogP contribution in [-0.2, 0) is 5.54 Å². The van der Waals surface area contributed by atoms with Gasteiger partial charge in [-0.2, -0.15) is 5.26 Å². The molecular formula is C21H19N3. The van der Waals surface area contributed by atoms with Crippen LogP contribution in [0.25, 0.3) is 11.0 Å². The van der Waals surface area contributed by atoms with E-state index in [-0.39, 0.29) is 5.54 Å². The van der Waals surface area contributed by atoms with Crippen molar-refractivity contribution in [1.29, 1.82) is 5.26 Å². The van der Waals surface area contributed by atoms with Crippen molar-refractivity contribution in [2.75, 3.05) is 0 Å². The maximum Gasteiger partial charge on any atom is 0.141 e. The molecule has 0 fully saturated rings. The fourth-order valence-electron chi connectivity index (χ4n) is 2.56. The quantitative estimate of drug-likeness (QED) is 0.578. The van der Waals surface area contributed by atoms with E-state index < -0.39 is 0 Å². The summed E-state index contributed by atoms with van der Waals surface area (Å²) in [6, 6.07) is 12.3. The average molecular weight is 313 g/mol. The number of pyridine rings is 1. The summed E-state index contributed by atoms with van der Waals surface area (Å²) in [5.41, 5.74) is 4.31. The molecule has 24 heavy (non-hydrogen) atoms. The Morgan fingerprint density at radius 3 is 2.33 bits per heavy atom. The number of aromatic nitrogens is 2. The van der Waals surface area contributed by atoms with E-state index in [9.17, 15) is 5.26 Å². The lowest BCUT2D eigenvalue weighted by Gasteiger charge is -2.21. The van der Waals surface area contributed by atoms with Gasteiger partial charge < -0.3 is 4.57 Å². The van der Waals surface area contributed by atoms with Crippen LogP contribution < -0.4 is 0 Å². The molecule has 3 nitrogen and oxygen atoms in total. The highest BCUT2D eigenvalue weighted by Crippen LogP contribution is 2.26. The largest absolute Gasteiger partial charge is 0.326 e. The van der Waals surface area contributed by atoms with Crippen LogP contribution in [-0.4, -0.2) is 9.55 Å². The van der Waals surface area contributed by atoms with Crippen molar-refractivity contribution in [3.8, 4) is 17.9 Å². The summed E-state index contributed by atoms with van der Waals surface area (Å²) in [5.74, 6) is 6.29. The average Bonchev–Trinajstić information content (AvgIpc) is 2.92. The number of hydrogen-bond donors (Lipinski definition) is 0. The molecule has 0 N–H and O–H groups in total. The normalized spacial score (nSPS) is 11.0. The van der Waals surface area contributed by atoms with Crippen LogP contribution in [0.15, 0.2) is 42.7 Å². The summed E-state index contributed by atoms with van der Waals surface area (Å²) in [5, 5.41) is 10.3. The topological polar surface area (TPSA) is 41.6 Å². The van der Waals surface area contributed by atoms with E-state index in [4.69, 9.17) is 0 Å². The third kappa shape index (κ3) is 3.03. The zero-order valence-electron chi connectivity index (χ0n) is 14.4. The van der Waals surface area contributed by atoms with Gasteiger partial charge in [-0.1, -0.05) is 29.5 Å². The van der Waals surface area contributed by atoms with Crippen molar-refractivity contribution in [2.24, 2.45) is 0 Å². The molecule has 0 radical (unpaired) electrons. The van der Waals surface area contributed by atoms with Crippen LogP contribution in [0.2, 0.25) is 0 Å². The molecule has 0 atom stereocenters. The molecule has 0 aliphatic carbocycles. The highest BCUT2D eigenvalue weighted by molar-refractivity contribution is 5.84. The predicted molar refractivity (Wildman–Crippen MR) is 96.6 cm³/mol. The lowest BCUT2D eigenvalue weighted by Crippen LogP contribution is -2.20. The molecule has 0 saturated heterocycles. The summed E-state index contributed by atoms with van der Waals surface area (Å²) in [7, 11) is 0. The lowest BCUT2D eigenvalue weighted by atomic mass is 10.1. The maximum atomic E-state index is 9.41. The third-order valence-electron chi connectivity index (χ3n) is 3.89. The standard InChI is InChI=1S/C21H19N3/c1-15-5-7-16(8-6-15)9-10-17-11-19-18(12-22)14-24(21(2,3)4)20(19)23-13-17/h5-8,11,13-14H,1-4H3. The lowest BCUT2D eigenvalue weighted by molar-refractivity contribution is 0.408. The van der Waals surface area contributed by atoms with Crippen molar-refractivity contribution < 1.29 is 0 Å². The van der Waals surface area contributed by atoms with Gasteiger partial charge in [-0.05, 0) is 45.9 Å². The van der Waals surface area contributed by atoms with Gasteiger partial charge in [-0.25, -0.2) is 4.98 Å². The minimum absolute atomic E-state index is 0.130. The molecular weight excluding hydrogens is 294 g/mol. The molecule has 0 saturated carbocycles. The van der Waals surface area contributed by atoms with E-state index in [1.54, 1.807) is 6.20 Å². The summed E-state index contributed by atoms with van der Waals surface area (Å²) < 4.78 is 2.04. The van der Waals surface area contributed by atoms with Crippen molar-refractivity contribution in [3.63, 3.8) is 0 Å². The van der Waals surface area contributed by atoms with Gasteiger partial charge in [0.2, 0.25) is 0 Å². The Labute approximate surface area is 142 Å². The molecule has 0 amide bonds. The van der Waals surface area contributed by atoms with Gasteiger partial charge in [-0.15, -0.1) is 0 Å². The fraction of sp³-hybridized carbons (Fsp3) is 0.238. The van der Waals surface area contributed by atoms with Gasteiger partial charge in [0.15, 0.2) is 0 Å². The minimum atomic E-state index is -0.130. The Morgan fingerprint density at radius 1 is 1.04 bits per heavy atom. The molecule has 118 valence electrons. The fourth-order valence-corrected chi connectivity index (χ4v) is 2.56. The number of rotatable bonds is 0. The van der Waals surface area contributed by atoms with Crippen LogP contribution in [0.4, 0.5) is 0 Å². The monoisotopic (exact) mass is 313 g/mol. The molecule has 2 heterocycles. The van der Waals surface area contributed by atoms with Gasteiger partial charge in [0.1, 0.15) is 11.7 Å². The van der Waals surface area contributed by atoms with E-state index in [1.807, 2.05) is 41.1 Å². The highest BCUT2D eigenvalue weighted by Gasteiger charge is 2.19. The summed E-state index contributed by atoms with van der Waals surface area (Å²) in [6.07, 6.45) is 3.64. The number of hydrogen-bond acceptors (Lipinski definition) is 2. The second-order valence-electron chi connectivity index (χ2n) is 6.91. The van der Waals surface area contributed by atoms with Crippen molar-refractivity contribution in [3.05, 3.63) is 65.0 Å². The van der Waals surface area contributed by atoms with E-state index in [0.717, 1.165) is 22.2 Å². The molecule has 3 heteroatoms. The van der Waals surface area contributed by atoms with Crippen LogP contribution >= 0.6 is 0 Å². The summed E-state index contributed by atoms with van der Waals surface area (Å²) >= 11 is 0. The Bertz CT molecular complexity index is 998. The molecule has 0 spiro atoms. The van der Waals surface area contributed by atoms with Crippen LogP contribution in [0.5, 0.6) is 0 Å². The van der Waals surface area contributed by atoms with E-state index in [2.05, 4.69) is 50.6 Å². The van der Waals surface area contributed by atoms with Gasteiger partial charge in [0.05, 0.1) is 5.56 Å². The Balaban J connectivity index is 2.07. The third-order valence-corrected chi connectivity index (χ3v) is 3.89. The Morgan fingerprint density at radius 2 is 1.71 bits per heavy atom. The smallest absolute Gasteiger partial charge is 0.141 e. The predicted octanol–water partition coefficient (Wildman–Crippen LogP) is 4.37. The second kappa shape index (κ2) is 5.87. The van der Waals surface area contributed by atoms with Gasteiger partial charge in [0.25, 0.3) is 0 Å². The minimum Gasteiger partial charge on any atom is -0.326 e. The van der Waals surface area contributed by atoms with Crippen LogP contribution in [0, 0.1) is 30.1 Å². The number of aryl methyl sites for hydroxylation is 1. The highest BCUT2D eigenvalue weighted by atomic mass is 15.1. The second-order valence-corrected chi connectivity index (χ2v) is 6.91. The molecule has 3 rings (SSSR count). The molecule has 0 aliphatic heterocycles. The zero-order valence-corrected chi connectivity index (χ0v) is 14.4. The first-order chi connectivity index (χ1) is 11.4. The molecule has 0 bridgehead atoms. The summed E-state index contributed by atoms with van der Waals surface area (Å²) in [6.45, 7) is 8.35. The van der Waals surface area contributed by atoms with Crippen molar-refractivity contribution >= 4 is 11.0 Å². The van der Waals surface area contributed by atoms with E-state index >= 15 is 0 Å². The Kier molecular flexibility index (Phi) is 3.87. The first-order valence-electron chi connectivity index (χ1n) is 7.89. The number of nitrogens with zero attached hydrogens (tertiary/aromatic N) is 3. The zero-order chi connectivity index (χ0) is 17.3. The number of benzene rings is 1. The number of fused-ring (bicyclic) bond motifs is 1. The van der Waals surface area contributed by atoms with Gasteiger partial charge in [0, 0.05) is 34.4 Å². The molecule has 0 aliphatic rings. The Hall–Kier alpha value is -3.04. The molecule has 3 aromatic rings. The van der Waals surface area contributed by atoms with E-state index in [1.165, 1.54) is 5.56 Å². The number of nitriles is 1. The maximum absolute atomic E-state index is 9.41. The van der Waals surface area contributed by atoms with Crippen molar-refractivity contribution in [1.82, 2.24) is 9.55 Å². The van der Waals surface area contributed by atoms with Crippen molar-refractivity contribution in [2.45, 2.75) is 33.2 Å². The van der Waals surface area contributed by atoms with Gasteiger partial charge >= 0.3 is 0 Å². The van der Waals surface area contributed by atoms with Crippen LogP contribution in [0.3, 0.4) is 0 Å². The SMILES string of the molecule is Cc1ccc(C#Cc2cnc3c(c2)c(C#N)cn3C(C)(C)C)cc1. The molecule has 2 aromatic heterocycles. The summed E-state index contributed by atoms with van der Waals surface area (Å²) in [4.78, 5) is 4.55.